The Bertz CT molecular complexity index is 786. The normalized spacial score (nSPS) is 10.2. The summed E-state index contributed by atoms with van der Waals surface area (Å²) in [7, 11) is 3.31. The molecule has 0 N–H and O–H groups in total. The van der Waals surface area contributed by atoms with E-state index in [-0.39, 0.29) is 0 Å². The van der Waals surface area contributed by atoms with E-state index in [0.717, 1.165) is 34.1 Å². The summed E-state index contributed by atoms with van der Waals surface area (Å²) in [5.41, 5.74) is 2.88. The average molecular weight is 321 g/mol. The van der Waals surface area contributed by atoms with Crippen LogP contribution >= 0.6 is 0 Å². The Kier molecular flexibility index (Phi) is 4.96. The standard InChI is InChI=1S/C20H19NO3/c1-22-17-8-6-15(7-9-17)19-13-18(23-2)10-11-20(19)24-14-16-5-3-4-12-21-16/h3-13H,14H2,1-2H3. The topological polar surface area (TPSA) is 40.6 Å². The molecule has 0 radical (unpaired) electrons. The van der Waals surface area contributed by atoms with Gasteiger partial charge in [0.15, 0.2) is 0 Å². The minimum absolute atomic E-state index is 0.413. The molecule has 0 bridgehead atoms. The highest BCUT2D eigenvalue weighted by molar-refractivity contribution is 5.72. The summed E-state index contributed by atoms with van der Waals surface area (Å²) in [6.07, 6.45) is 1.76. The SMILES string of the molecule is COc1ccc(-c2cc(OC)ccc2OCc2ccccn2)cc1. The van der Waals surface area contributed by atoms with E-state index in [9.17, 15) is 0 Å². The second-order valence-corrected chi connectivity index (χ2v) is 5.20. The molecule has 0 atom stereocenters. The second kappa shape index (κ2) is 7.51. The Morgan fingerprint density at radius 3 is 2.25 bits per heavy atom. The molecule has 0 saturated heterocycles. The predicted molar refractivity (Wildman–Crippen MR) is 93.6 cm³/mol. The molecule has 3 rings (SSSR count). The number of nitrogens with zero attached hydrogens (tertiary/aromatic N) is 1. The van der Waals surface area contributed by atoms with Crippen molar-refractivity contribution >= 4 is 0 Å². The van der Waals surface area contributed by atoms with Gasteiger partial charge in [0.25, 0.3) is 0 Å². The third-order valence-corrected chi connectivity index (χ3v) is 3.69. The third-order valence-electron chi connectivity index (χ3n) is 3.69. The molecule has 0 aliphatic heterocycles. The molecule has 0 fully saturated rings. The summed E-state index contributed by atoms with van der Waals surface area (Å²) >= 11 is 0. The maximum atomic E-state index is 5.98. The van der Waals surface area contributed by atoms with Crippen LogP contribution in [0.2, 0.25) is 0 Å². The fourth-order valence-electron chi connectivity index (χ4n) is 2.39. The van der Waals surface area contributed by atoms with Crippen LogP contribution in [-0.2, 0) is 6.61 Å². The van der Waals surface area contributed by atoms with Gasteiger partial charge < -0.3 is 14.2 Å². The first kappa shape index (κ1) is 15.9. The summed E-state index contributed by atoms with van der Waals surface area (Å²) in [4.78, 5) is 4.29. The maximum absolute atomic E-state index is 5.98. The molecule has 4 nitrogen and oxygen atoms in total. The summed E-state index contributed by atoms with van der Waals surface area (Å²) in [6.45, 7) is 0.413. The van der Waals surface area contributed by atoms with E-state index in [1.165, 1.54) is 0 Å². The molecule has 0 aliphatic rings. The van der Waals surface area contributed by atoms with Crippen molar-refractivity contribution < 1.29 is 14.2 Å². The van der Waals surface area contributed by atoms with Crippen molar-refractivity contribution in [1.29, 1.82) is 0 Å². The van der Waals surface area contributed by atoms with Crippen molar-refractivity contribution in [3.8, 4) is 28.4 Å². The first-order chi connectivity index (χ1) is 11.8. The summed E-state index contributed by atoms with van der Waals surface area (Å²) < 4.78 is 16.6. The van der Waals surface area contributed by atoms with E-state index in [2.05, 4.69) is 4.98 Å². The zero-order valence-corrected chi connectivity index (χ0v) is 13.7. The van der Waals surface area contributed by atoms with Crippen molar-refractivity contribution in [2.24, 2.45) is 0 Å². The van der Waals surface area contributed by atoms with E-state index < -0.39 is 0 Å². The summed E-state index contributed by atoms with van der Waals surface area (Å²) in [5.74, 6) is 2.38. The van der Waals surface area contributed by atoms with Gasteiger partial charge in [0.1, 0.15) is 23.9 Å². The summed E-state index contributed by atoms with van der Waals surface area (Å²) in [5, 5.41) is 0. The van der Waals surface area contributed by atoms with Gasteiger partial charge in [-0.25, -0.2) is 0 Å². The molecular formula is C20H19NO3. The molecule has 2 aromatic carbocycles. The largest absolute Gasteiger partial charge is 0.497 e. The molecule has 24 heavy (non-hydrogen) atoms. The van der Waals surface area contributed by atoms with Gasteiger partial charge in [-0.1, -0.05) is 18.2 Å². The average Bonchev–Trinajstić information content (AvgIpc) is 2.67. The van der Waals surface area contributed by atoms with Crippen LogP contribution in [0, 0.1) is 0 Å². The maximum Gasteiger partial charge on any atom is 0.130 e. The highest BCUT2D eigenvalue weighted by Gasteiger charge is 2.09. The molecule has 3 aromatic rings. The van der Waals surface area contributed by atoms with Gasteiger partial charge in [-0.3, -0.25) is 4.98 Å². The number of hydrogen-bond donors (Lipinski definition) is 0. The number of ether oxygens (including phenoxy) is 3. The molecule has 0 unspecified atom stereocenters. The number of aromatic nitrogens is 1. The predicted octanol–water partition coefficient (Wildman–Crippen LogP) is 4.34. The molecule has 0 spiro atoms. The minimum atomic E-state index is 0.413. The van der Waals surface area contributed by atoms with Gasteiger partial charge in [0, 0.05) is 11.8 Å². The van der Waals surface area contributed by atoms with Crippen molar-refractivity contribution in [1.82, 2.24) is 4.98 Å². The van der Waals surface area contributed by atoms with Crippen molar-refractivity contribution in [2.75, 3.05) is 14.2 Å². The molecule has 1 heterocycles. The Morgan fingerprint density at radius 1 is 0.833 bits per heavy atom. The monoisotopic (exact) mass is 321 g/mol. The quantitative estimate of drug-likeness (QED) is 0.677. The van der Waals surface area contributed by atoms with Crippen LogP contribution in [0.1, 0.15) is 5.69 Å². The zero-order valence-electron chi connectivity index (χ0n) is 13.7. The smallest absolute Gasteiger partial charge is 0.130 e. The van der Waals surface area contributed by atoms with Crippen LogP contribution in [0.15, 0.2) is 66.9 Å². The van der Waals surface area contributed by atoms with Crippen LogP contribution in [0.5, 0.6) is 17.2 Å². The number of pyridine rings is 1. The third kappa shape index (κ3) is 3.66. The molecule has 1 aromatic heterocycles. The van der Waals surface area contributed by atoms with Gasteiger partial charge in [0.2, 0.25) is 0 Å². The van der Waals surface area contributed by atoms with Crippen molar-refractivity contribution in [3.05, 3.63) is 72.6 Å². The number of rotatable bonds is 6. The fourth-order valence-corrected chi connectivity index (χ4v) is 2.39. The van der Waals surface area contributed by atoms with E-state index in [1.54, 1.807) is 20.4 Å². The highest BCUT2D eigenvalue weighted by Crippen LogP contribution is 2.34. The van der Waals surface area contributed by atoms with Crippen molar-refractivity contribution in [2.45, 2.75) is 6.61 Å². The molecule has 0 saturated carbocycles. The van der Waals surface area contributed by atoms with Gasteiger partial charge in [0.05, 0.1) is 19.9 Å². The molecule has 0 amide bonds. The Balaban J connectivity index is 1.90. The van der Waals surface area contributed by atoms with Gasteiger partial charge in [-0.05, 0) is 48.0 Å². The van der Waals surface area contributed by atoms with Crippen LogP contribution in [0.4, 0.5) is 0 Å². The van der Waals surface area contributed by atoms with Crippen LogP contribution in [0.3, 0.4) is 0 Å². The van der Waals surface area contributed by atoms with Crippen LogP contribution in [-0.4, -0.2) is 19.2 Å². The molecule has 0 aliphatic carbocycles. The zero-order chi connectivity index (χ0) is 16.8. The number of methoxy groups -OCH3 is 2. The minimum Gasteiger partial charge on any atom is -0.497 e. The van der Waals surface area contributed by atoms with Gasteiger partial charge in [-0.15, -0.1) is 0 Å². The van der Waals surface area contributed by atoms with Gasteiger partial charge >= 0.3 is 0 Å². The molecule has 122 valence electrons. The lowest BCUT2D eigenvalue weighted by molar-refractivity contribution is 0.302. The second-order valence-electron chi connectivity index (χ2n) is 5.20. The van der Waals surface area contributed by atoms with E-state index in [0.29, 0.717) is 6.61 Å². The number of hydrogen-bond acceptors (Lipinski definition) is 4. The lowest BCUT2D eigenvalue weighted by Crippen LogP contribution is -1.99. The lowest BCUT2D eigenvalue weighted by atomic mass is 10.0. The number of benzene rings is 2. The molecule has 4 heteroatoms. The summed E-state index contributed by atoms with van der Waals surface area (Å²) in [6, 6.07) is 19.4. The van der Waals surface area contributed by atoms with E-state index >= 15 is 0 Å². The van der Waals surface area contributed by atoms with Crippen molar-refractivity contribution in [3.63, 3.8) is 0 Å². The Labute approximate surface area is 141 Å². The Hall–Kier alpha value is -3.01. The van der Waals surface area contributed by atoms with Crippen LogP contribution in [0.25, 0.3) is 11.1 Å². The fraction of sp³-hybridized carbons (Fsp3) is 0.150. The van der Waals surface area contributed by atoms with Gasteiger partial charge in [-0.2, -0.15) is 0 Å². The Morgan fingerprint density at radius 2 is 1.58 bits per heavy atom. The molecular weight excluding hydrogens is 302 g/mol. The lowest BCUT2D eigenvalue weighted by Gasteiger charge is -2.13. The van der Waals surface area contributed by atoms with E-state index in [1.807, 2.05) is 60.7 Å². The first-order valence-electron chi connectivity index (χ1n) is 7.65. The first-order valence-corrected chi connectivity index (χ1v) is 7.65. The van der Waals surface area contributed by atoms with E-state index in [4.69, 9.17) is 14.2 Å². The highest BCUT2D eigenvalue weighted by atomic mass is 16.5. The van der Waals surface area contributed by atoms with Crippen LogP contribution < -0.4 is 14.2 Å².